The van der Waals surface area contributed by atoms with Gasteiger partial charge in [0.05, 0.1) is 17.1 Å². The van der Waals surface area contributed by atoms with Gasteiger partial charge in [0.2, 0.25) is 0 Å². The number of unbranched alkanes of at least 4 members (excludes halogenated alkanes) is 44. The maximum atomic E-state index is 5.28. The van der Waals surface area contributed by atoms with E-state index in [0.29, 0.717) is 0 Å². The van der Waals surface area contributed by atoms with Crippen LogP contribution in [0.2, 0.25) is 0 Å². The molecule has 0 atom stereocenters. The topological polar surface area (TPSA) is 24.7 Å². The fourth-order valence-corrected chi connectivity index (χ4v) is 11.0. The van der Waals surface area contributed by atoms with E-state index in [9.17, 15) is 0 Å². The van der Waals surface area contributed by atoms with Gasteiger partial charge in [0, 0.05) is 26.6 Å². The molecule has 0 aromatic heterocycles. The summed E-state index contributed by atoms with van der Waals surface area (Å²) in [5.41, 5.74) is 5.98. The first-order chi connectivity index (χ1) is 37.3. The number of allylic oxidation sites excluding steroid dienone is 4. The summed E-state index contributed by atoms with van der Waals surface area (Å²) >= 11 is 0. The molecule has 0 aliphatic carbocycles. The summed E-state index contributed by atoms with van der Waals surface area (Å²) in [5.74, 6) is 0. The van der Waals surface area contributed by atoms with Gasteiger partial charge in [0.25, 0.3) is 0 Å². The second-order valence-corrected chi connectivity index (χ2v) is 23.3. The Morgan fingerprint density at radius 2 is 0.566 bits per heavy atom. The van der Waals surface area contributed by atoms with Crippen LogP contribution in [0.25, 0.3) is 0 Å². The van der Waals surface area contributed by atoms with E-state index in [1.807, 2.05) is 0 Å². The van der Waals surface area contributed by atoms with E-state index >= 15 is 0 Å². The van der Waals surface area contributed by atoms with Crippen LogP contribution >= 0.6 is 0 Å². The average Bonchev–Trinajstić information content (AvgIpc) is 3.43. The van der Waals surface area contributed by atoms with E-state index in [-0.39, 0.29) is 20.4 Å². The first-order valence-electron chi connectivity index (χ1n) is 33.9. The molecule has 2 aromatic rings. The minimum absolute atomic E-state index is 0. The predicted octanol–water partition coefficient (Wildman–Crippen LogP) is 25.9. The normalized spacial score (nSPS) is 12.1. The van der Waals surface area contributed by atoms with Crippen molar-refractivity contribution < 1.29 is 20.4 Å². The van der Waals surface area contributed by atoms with Crippen molar-refractivity contribution in [2.45, 2.75) is 355 Å². The van der Waals surface area contributed by atoms with Crippen molar-refractivity contribution in [3.8, 4) is 0 Å². The fourth-order valence-electron chi connectivity index (χ4n) is 11.0. The molecule has 2 rings (SSSR count). The van der Waals surface area contributed by atoms with Gasteiger partial charge < -0.3 is 0 Å². The SMILES string of the molecule is CCCCCCCCCCCCCCCCCCCCCCCC=CCCc1ccccc1N=CC(CCCCC)=Nc1ccccc1CCC=CCCCCCCCCCCCCCCCCCCCCCCC.[Pd]. The maximum absolute atomic E-state index is 5.28. The van der Waals surface area contributed by atoms with Crippen LogP contribution in [0.3, 0.4) is 0 Å². The summed E-state index contributed by atoms with van der Waals surface area (Å²) in [6.45, 7) is 6.90. The number of para-hydroxylation sites is 2. The third kappa shape index (κ3) is 46.8. The van der Waals surface area contributed by atoms with E-state index in [0.717, 1.165) is 55.6 Å². The Bertz CT molecular complexity index is 1600. The number of benzene rings is 2. The van der Waals surface area contributed by atoms with Crippen molar-refractivity contribution in [3.63, 3.8) is 0 Å². The third-order valence-corrected chi connectivity index (χ3v) is 16.1. The molecule has 0 spiro atoms. The van der Waals surface area contributed by atoms with Gasteiger partial charge in [0.1, 0.15) is 0 Å². The minimum atomic E-state index is 0. The third-order valence-electron chi connectivity index (χ3n) is 16.1. The van der Waals surface area contributed by atoms with Crippen molar-refractivity contribution in [2.24, 2.45) is 9.98 Å². The second kappa shape index (κ2) is 59.1. The zero-order valence-electron chi connectivity index (χ0n) is 51.0. The van der Waals surface area contributed by atoms with E-state index < -0.39 is 0 Å². The van der Waals surface area contributed by atoms with Gasteiger partial charge in [-0.25, -0.2) is 0 Å². The molecule has 438 valence electrons. The van der Waals surface area contributed by atoms with Crippen LogP contribution in [0.5, 0.6) is 0 Å². The Morgan fingerprint density at radius 1 is 0.303 bits per heavy atom. The summed E-state index contributed by atoms with van der Waals surface area (Å²) in [5, 5.41) is 0. The Hall–Kier alpha value is -2.08. The van der Waals surface area contributed by atoms with Crippen molar-refractivity contribution >= 4 is 23.3 Å². The van der Waals surface area contributed by atoms with E-state index in [1.165, 1.54) is 306 Å². The van der Waals surface area contributed by atoms with Crippen molar-refractivity contribution in [1.29, 1.82) is 0 Å². The van der Waals surface area contributed by atoms with Gasteiger partial charge >= 0.3 is 0 Å². The van der Waals surface area contributed by atoms with E-state index in [4.69, 9.17) is 9.98 Å². The summed E-state index contributed by atoms with van der Waals surface area (Å²) in [6, 6.07) is 17.5. The number of hydrogen-bond acceptors (Lipinski definition) is 2. The molecule has 0 aliphatic heterocycles. The first-order valence-corrected chi connectivity index (χ1v) is 33.9. The molecule has 2 nitrogen and oxygen atoms in total. The van der Waals surface area contributed by atoms with Crippen molar-refractivity contribution in [2.75, 3.05) is 0 Å². The molecular weight excluding hydrogens is 1010 g/mol. The van der Waals surface area contributed by atoms with E-state index in [1.54, 1.807) is 0 Å². The fraction of sp³-hybridized carbons (Fsp3) is 0.753. The first kappa shape index (κ1) is 71.9. The van der Waals surface area contributed by atoms with Crippen LogP contribution in [0.4, 0.5) is 11.4 Å². The maximum Gasteiger partial charge on any atom is 0.0665 e. The number of rotatable bonds is 57. The Morgan fingerprint density at radius 3 is 0.908 bits per heavy atom. The van der Waals surface area contributed by atoms with Crippen LogP contribution in [0, 0.1) is 0 Å². The van der Waals surface area contributed by atoms with Crippen LogP contribution < -0.4 is 0 Å². The zero-order chi connectivity index (χ0) is 53.3. The van der Waals surface area contributed by atoms with Crippen molar-refractivity contribution in [3.05, 3.63) is 84.0 Å². The number of nitrogens with zero attached hydrogens (tertiary/aromatic N) is 2. The molecule has 0 saturated carbocycles. The summed E-state index contributed by atoms with van der Waals surface area (Å²) in [7, 11) is 0. The van der Waals surface area contributed by atoms with E-state index in [2.05, 4.69) is 99.8 Å². The molecule has 0 aliphatic rings. The average molecular weight is 1140 g/mol. The van der Waals surface area contributed by atoms with Gasteiger partial charge in [-0.2, -0.15) is 0 Å². The minimum Gasteiger partial charge on any atom is -0.255 e. The molecule has 0 amide bonds. The summed E-state index contributed by atoms with van der Waals surface area (Å²) < 4.78 is 0. The van der Waals surface area contributed by atoms with Gasteiger partial charge in [0.15, 0.2) is 0 Å². The quantitative estimate of drug-likeness (QED) is 0.0273. The molecule has 0 radical (unpaired) electrons. The number of aliphatic imine (C=N–C) groups is 2. The largest absolute Gasteiger partial charge is 0.255 e. The van der Waals surface area contributed by atoms with Gasteiger partial charge in [-0.05, 0) is 87.5 Å². The number of hydrogen-bond donors (Lipinski definition) is 0. The monoisotopic (exact) mass is 1140 g/mol. The van der Waals surface area contributed by atoms with Crippen LogP contribution in [0.1, 0.15) is 353 Å². The summed E-state index contributed by atoms with van der Waals surface area (Å²) in [6.07, 6.45) is 83.5. The standard InChI is InChI=1S/C73H126N2.Pd/c1-4-7-10-12-14-16-18-20-22-24-26-28-30-32-34-36-38-40-42-44-46-48-50-52-55-61-69-63-57-59-66-72(69)74-68-71(65-54-9-6-3)75-73-67-60-58-64-70(73)62-56-53-51-49-47-45-43-41-39-37-35-33-31-29-27-25-23-21-19-17-15-13-11-8-5-2;/h50-53,57-60,63-64,66-68H,4-49,54-56,61-62,65H2,1-3H3;. The molecule has 3 heteroatoms. The molecule has 0 fully saturated rings. The van der Waals surface area contributed by atoms with Gasteiger partial charge in [-0.3, -0.25) is 9.98 Å². The molecule has 0 saturated heterocycles. The van der Waals surface area contributed by atoms with Gasteiger partial charge in [-0.15, -0.1) is 0 Å². The smallest absolute Gasteiger partial charge is 0.0665 e. The molecule has 0 N–H and O–H groups in total. The molecule has 2 aromatic carbocycles. The molecule has 76 heavy (non-hydrogen) atoms. The Labute approximate surface area is 489 Å². The van der Waals surface area contributed by atoms with Crippen LogP contribution in [0.15, 0.2) is 82.8 Å². The Balaban J connectivity index is 0.0000289. The molecular formula is C73H126N2Pd. The van der Waals surface area contributed by atoms with Gasteiger partial charge in [-0.1, -0.05) is 351 Å². The molecule has 0 heterocycles. The van der Waals surface area contributed by atoms with Crippen LogP contribution in [-0.4, -0.2) is 11.9 Å². The second-order valence-electron chi connectivity index (χ2n) is 23.3. The Kier molecular flexibility index (Phi) is 55.9. The number of aryl methyl sites for hydroxylation is 2. The zero-order valence-corrected chi connectivity index (χ0v) is 52.5. The predicted molar refractivity (Wildman–Crippen MR) is 342 cm³/mol. The van der Waals surface area contributed by atoms with Crippen LogP contribution in [-0.2, 0) is 33.3 Å². The molecule has 0 bridgehead atoms. The molecule has 0 unspecified atom stereocenters. The summed E-state index contributed by atoms with van der Waals surface area (Å²) in [4.78, 5) is 10.4. The van der Waals surface area contributed by atoms with Crippen molar-refractivity contribution in [1.82, 2.24) is 0 Å².